The van der Waals surface area contributed by atoms with E-state index in [4.69, 9.17) is 16.3 Å². The molecule has 1 amide bonds. The number of halogens is 2. The van der Waals surface area contributed by atoms with E-state index in [1.807, 2.05) is 0 Å². The first-order valence-electron chi connectivity index (χ1n) is 6.56. The Bertz CT molecular complexity index is 661. The predicted molar refractivity (Wildman–Crippen MR) is 89.4 cm³/mol. The third kappa shape index (κ3) is 4.22. The molecule has 0 bridgehead atoms. The van der Waals surface area contributed by atoms with Gasteiger partial charge in [0.1, 0.15) is 5.75 Å². The SMILES string of the molecule is COc1ccc(C(=O)NC[C@@H](O)c2ccc(Cl)cc2)cc1Br. The first-order chi connectivity index (χ1) is 10.5. The van der Waals surface area contributed by atoms with Gasteiger partial charge in [0.2, 0.25) is 0 Å². The van der Waals surface area contributed by atoms with E-state index in [0.717, 1.165) is 0 Å². The fourth-order valence-electron chi connectivity index (χ4n) is 1.90. The van der Waals surface area contributed by atoms with Gasteiger partial charge >= 0.3 is 0 Å². The zero-order valence-corrected chi connectivity index (χ0v) is 14.2. The van der Waals surface area contributed by atoms with Crippen molar-refractivity contribution in [2.24, 2.45) is 0 Å². The molecule has 2 aromatic carbocycles. The van der Waals surface area contributed by atoms with Crippen LogP contribution in [-0.4, -0.2) is 24.7 Å². The second kappa shape index (κ2) is 7.63. The van der Waals surface area contributed by atoms with Crippen LogP contribution in [0.1, 0.15) is 22.0 Å². The molecule has 0 aliphatic heterocycles. The Morgan fingerprint density at radius 3 is 2.59 bits per heavy atom. The van der Waals surface area contributed by atoms with Crippen molar-refractivity contribution in [3.8, 4) is 5.75 Å². The topological polar surface area (TPSA) is 58.6 Å². The Hall–Kier alpha value is -1.56. The molecule has 0 saturated carbocycles. The number of rotatable bonds is 5. The van der Waals surface area contributed by atoms with Gasteiger partial charge in [0, 0.05) is 17.1 Å². The van der Waals surface area contributed by atoms with Gasteiger partial charge in [0.25, 0.3) is 5.91 Å². The Kier molecular flexibility index (Phi) is 5.83. The van der Waals surface area contributed by atoms with E-state index in [2.05, 4.69) is 21.2 Å². The lowest BCUT2D eigenvalue weighted by atomic mass is 10.1. The molecule has 0 spiro atoms. The lowest BCUT2D eigenvalue weighted by Crippen LogP contribution is -2.28. The van der Waals surface area contributed by atoms with Crippen LogP contribution in [0, 0.1) is 0 Å². The van der Waals surface area contributed by atoms with Crippen molar-refractivity contribution in [1.29, 1.82) is 0 Å². The highest BCUT2D eigenvalue weighted by molar-refractivity contribution is 9.10. The molecule has 1 atom stereocenters. The fraction of sp³-hybridized carbons (Fsp3) is 0.188. The summed E-state index contributed by atoms with van der Waals surface area (Å²) in [7, 11) is 1.56. The van der Waals surface area contributed by atoms with Crippen LogP contribution >= 0.6 is 27.5 Å². The first-order valence-corrected chi connectivity index (χ1v) is 7.73. The van der Waals surface area contributed by atoms with Crippen molar-refractivity contribution in [3.05, 3.63) is 63.1 Å². The number of aliphatic hydroxyl groups is 1. The van der Waals surface area contributed by atoms with E-state index >= 15 is 0 Å². The summed E-state index contributed by atoms with van der Waals surface area (Å²) in [6, 6.07) is 11.9. The number of benzene rings is 2. The van der Waals surface area contributed by atoms with Crippen molar-refractivity contribution in [3.63, 3.8) is 0 Å². The molecule has 2 aromatic rings. The molecule has 0 saturated heterocycles. The van der Waals surface area contributed by atoms with Crippen LogP contribution in [0.3, 0.4) is 0 Å². The summed E-state index contributed by atoms with van der Waals surface area (Å²) in [5.41, 5.74) is 1.18. The molecule has 6 heteroatoms. The smallest absolute Gasteiger partial charge is 0.251 e. The van der Waals surface area contributed by atoms with Gasteiger partial charge in [-0.1, -0.05) is 23.7 Å². The Balaban J connectivity index is 1.97. The van der Waals surface area contributed by atoms with E-state index < -0.39 is 6.10 Å². The average Bonchev–Trinajstić information content (AvgIpc) is 2.52. The van der Waals surface area contributed by atoms with Gasteiger partial charge < -0.3 is 15.2 Å². The molecule has 4 nitrogen and oxygen atoms in total. The van der Waals surface area contributed by atoms with Crippen LogP contribution in [0.5, 0.6) is 5.75 Å². The van der Waals surface area contributed by atoms with Gasteiger partial charge in [-0.05, 0) is 51.8 Å². The monoisotopic (exact) mass is 383 g/mol. The number of amides is 1. The summed E-state index contributed by atoms with van der Waals surface area (Å²) in [5, 5.41) is 13.3. The number of carbonyl (C=O) groups excluding carboxylic acids is 1. The molecule has 116 valence electrons. The summed E-state index contributed by atoms with van der Waals surface area (Å²) in [6.45, 7) is 0.115. The van der Waals surface area contributed by atoms with Crippen molar-refractivity contribution in [2.45, 2.75) is 6.10 Å². The van der Waals surface area contributed by atoms with Crippen LogP contribution in [0.2, 0.25) is 5.02 Å². The van der Waals surface area contributed by atoms with Crippen LogP contribution in [0.15, 0.2) is 46.9 Å². The van der Waals surface area contributed by atoms with Crippen molar-refractivity contribution < 1.29 is 14.6 Å². The van der Waals surface area contributed by atoms with Gasteiger partial charge in [-0.15, -0.1) is 0 Å². The highest BCUT2D eigenvalue weighted by Gasteiger charge is 2.12. The van der Waals surface area contributed by atoms with E-state index in [9.17, 15) is 9.90 Å². The summed E-state index contributed by atoms with van der Waals surface area (Å²) >= 11 is 9.13. The molecule has 2 N–H and O–H groups in total. The number of hydrogen-bond donors (Lipinski definition) is 2. The van der Waals surface area contributed by atoms with Gasteiger partial charge in [-0.3, -0.25) is 4.79 Å². The molecule has 2 rings (SSSR count). The molecule has 0 aliphatic carbocycles. The molecule has 22 heavy (non-hydrogen) atoms. The zero-order chi connectivity index (χ0) is 16.1. The quantitative estimate of drug-likeness (QED) is 0.828. The minimum absolute atomic E-state index is 0.115. The molecule has 0 aliphatic rings. The molecule has 0 heterocycles. The Morgan fingerprint density at radius 1 is 1.32 bits per heavy atom. The number of hydrogen-bond acceptors (Lipinski definition) is 3. The zero-order valence-electron chi connectivity index (χ0n) is 11.8. The summed E-state index contributed by atoms with van der Waals surface area (Å²) in [4.78, 5) is 12.1. The molecule has 0 aromatic heterocycles. The number of carbonyl (C=O) groups is 1. The van der Waals surface area contributed by atoms with Gasteiger partial charge in [-0.25, -0.2) is 0 Å². The standard InChI is InChI=1S/C16H15BrClNO3/c1-22-15-7-4-11(8-13(15)17)16(21)19-9-14(20)10-2-5-12(18)6-3-10/h2-8,14,20H,9H2,1H3,(H,19,21)/t14-/m1/s1. The van der Waals surface area contributed by atoms with Crippen LogP contribution < -0.4 is 10.1 Å². The normalized spacial score (nSPS) is 11.8. The maximum atomic E-state index is 12.1. The fourth-order valence-corrected chi connectivity index (χ4v) is 2.57. The van der Waals surface area contributed by atoms with Crippen molar-refractivity contribution >= 4 is 33.4 Å². The van der Waals surface area contributed by atoms with Gasteiger partial charge in [-0.2, -0.15) is 0 Å². The van der Waals surface area contributed by atoms with Crippen LogP contribution in [-0.2, 0) is 0 Å². The first kappa shape index (κ1) is 16.8. The second-order valence-corrected chi connectivity index (χ2v) is 5.92. The molecule has 0 radical (unpaired) electrons. The highest BCUT2D eigenvalue weighted by atomic mass is 79.9. The lowest BCUT2D eigenvalue weighted by Gasteiger charge is -2.13. The maximum Gasteiger partial charge on any atom is 0.251 e. The maximum absolute atomic E-state index is 12.1. The van der Waals surface area contributed by atoms with Crippen LogP contribution in [0.4, 0.5) is 0 Å². The molecule has 0 fully saturated rings. The van der Waals surface area contributed by atoms with E-state index in [-0.39, 0.29) is 12.5 Å². The largest absolute Gasteiger partial charge is 0.496 e. The Labute approximate surface area is 142 Å². The lowest BCUT2D eigenvalue weighted by molar-refractivity contribution is 0.0916. The average molecular weight is 385 g/mol. The van der Waals surface area contributed by atoms with Gasteiger partial charge in [0.15, 0.2) is 0 Å². The third-order valence-corrected chi connectivity index (χ3v) is 4.00. The number of methoxy groups -OCH3 is 1. The van der Waals surface area contributed by atoms with Crippen LogP contribution in [0.25, 0.3) is 0 Å². The Morgan fingerprint density at radius 2 is 2.00 bits per heavy atom. The van der Waals surface area contributed by atoms with E-state index in [1.165, 1.54) is 0 Å². The van der Waals surface area contributed by atoms with Crippen molar-refractivity contribution in [1.82, 2.24) is 5.32 Å². The van der Waals surface area contributed by atoms with E-state index in [0.29, 0.717) is 26.4 Å². The number of aliphatic hydroxyl groups excluding tert-OH is 1. The minimum atomic E-state index is -0.789. The predicted octanol–water partition coefficient (Wildman–Crippen LogP) is 3.57. The van der Waals surface area contributed by atoms with Crippen molar-refractivity contribution in [2.75, 3.05) is 13.7 Å². The number of ether oxygens (including phenoxy) is 1. The molecule has 0 unspecified atom stereocenters. The third-order valence-electron chi connectivity index (χ3n) is 3.12. The molecular weight excluding hydrogens is 370 g/mol. The molecular formula is C16H15BrClNO3. The number of nitrogens with one attached hydrogen (secondary N) is 1. The van der Waals surface area contributed by atoms with Gasteiger partial charge in [0.05, 0.1) is 17.7 Å². The summed E-state index contributed by atoms with van der Waals surface area (Å²) < 4.78 is 5.81. The summed E-state index contributed by atoms with van der Waals surface area (Å²) in [6.07, 6.45) is -0.789. The van der Waals surface area contributed by atoms with E-state index in [1.54, 1.807) is 49.6 Å². The summed E-state index contributed by atoms with van der Waals surface area (Å²) in [5.74, 6) is 0.383. The highest BCUT2D eigenvalue weighted by Crippen LogP contribution is 2.25. The minimum Gasteiger partial charge on any atom is -0.496 e. The second-order valence-electron chi connectivity index (χ2n) is 4.63.